The first-order chi connectivity index (χ1) is 21.9. The monoisotopic (exact) mass is 560 g/mol. The topological polar surface area (TPSA) is 17.8 Å². The molecule has 0 fully saturated rings. The van der Waals surface area contributed by atoms with Crippen molar-refractivity contribution in [3.8, 4) is 28.1 Å². The lowest BCUT2D eigenvalue weighted by Crippen LogP contribution is -2.28. The highest BCUT2D eigenvalue weighted by atomic mass is 15.1. The van der Waals surface area contributed by atoms with Crippen LogP contribution in [0.25, 0.3) is 49.7 Å². The summed E-state index contributed by atoms with van der Waals surface area (Å²) in [5, 5.41) is 3.57. The largest absolute Gasteiger partial charge is 0.301 e. The summed E-state index contributed by atoms with van der Waals surface area (Å²) in [6, 6.07) is 57.0. The van der Waals surface area contributed by atoms with Gasteiger partial charge in [-0.15, -0.1) is 0 Å². The summed E-state index contributed by atoms with van der Waals surface area (Å²) in [5.41, 5.74) is 10.8. The zero-order chi connectivity index (χ0) is 29.1. The quantitative estimate of drug-likeness (QED) is 0.209. The van der Waals surface area contributed by atoms with E-state index in [0.717, 1.165) is 22.3 Å². The van der Waals surface area contributed by atoms with Gasteiger partial charge in [0.15, 0.2) is 0 Å². The SMILES string of the molecule is c1ccc(-c2cnc(-n3ccc4c5c(ccc43)C(c3ccccc3)(c3ccccc3)c3ccccc3-5)c3ccccc23)cc1. The summed E-state index contributed by atoms with van der Waals surface area (Å²) >= 11 is 0. The van der Waals surface area contributed by atoms with Crippen LogP contribution in [0.1, 0.15) is 22.3 Å². The Morgan fingerprint density at radius 2 is 1.07 bits per heavy atom. The minimum atomic E-state index is -0.410. The Labute approximate surface area is 256 Å². The highest BCUT2D eigenvalue weighted by molar-refractivity contribution is 6.05. The molecular formula is C42H28N2. The molecule has 0 unspecified atom stereocenters. The lowest BCUT2D eigenvalue weighted by atomic mass is 9.67. The highest BCUT2D eigenvalue weighted by Gasteiger charge is 2.46. The molecule has 8 aromatic rings. The number of nitrogens with zero attached hydrogens (tertiary/aromatic N) is 2. The molecule has 0 aliphatic heterocycles. The molecule has 0 amide bonds. The third kappa shape index (κ3) is 3.40. The Hall–Kier alpha value is -5.73. The summed E-state index contributed by atoms with van der Waals surface area (Å²) in [7, 11) is 0. The molecule has 2 heterocycles. The van der Waals surface area contributed by atoms with Gasteiger partial charge in [-0.3, -0.25) is 0 Å². The smallest absolute Gasteiger partial charge is 0.145 e. The van der Waals surface area contributed by atoms with E-state index in [1.807, 2.05) is 6.20 Å². The lowest BCUT2D eigenvalue weighted by Gasteiger charge is -2.33. The second-order valence-corrected chi connectivity index (χ2v) is 11.5. The summed E-state index contributed by atoms with van der Waals surface area (Å²) in [4.78, 5) is 5.10. The second kappa shape index (κ2) is 9.65. The molecule has 9 rings (SSSR count). The van der Waals surface area contributed by atoms with E-state index in [4.69, 9.17) is 4.98 Å². The van der Waals surface area contributed by atoms with Gasteiger partial charge in [-0.25, -0.2) is 4.98 Å². The predicted molar refractivity (Wildman–Crippen MR) is 181 cm³/mol. The molecule has 2 aromatic heterocycles. The first-order valence-electron chi connectivity index (χ1n) is 15.1. The van der Waals surface area contributed by atoms with Crippen molar-refractivity contribution < 1.29 is 0 Å². The predicted octanol–water partition coefficient (Wildman–Crippen LogP) is 10.2. The van der Waals surface area contributed by atoms with Crippen molar-refractivity contribution in [1.82, 2.24) is 9.55 Å². The molecule has 0 N–H and O–H groups in total. The molecule has 0 saturated heterocycles. The molecule has 44 heavy (non-hydrogen) atoms. The zero-order valence-corrected chi connectivity index (χ0v) is 24.1. The fraction of sp³-hybridized carbons (Fsp3) is 0.0238. The van der Waals surface area contributed by atoms with Gasteiger partial charge in [-0.2, -0.15) is 0 Å². The number of rotatable bonds is 4. The van der Waals surface area contributed by atoms with Crippen LogP contribution in [0, 0.1) is 0 Å². The number of aromatic nitrogens is 2. The van der Waals surface area contributed by atoms with Gasteiger partial charge in [0, 0.05) is 28.7 Å². The molecular weight excluding hydrogens is 532 g/mol. The third-order valence-electron chi connectivity index (χ3n) is 9.38. The van der Waals surface area contributed by atoms with Crippen molar-refractivity contribution in [3.05, 3.63) is 192 Å². The standard InChI is InChI=1S/C42H28N2/c1-4-14-29(15-5-1)36-28-43-41(33-21-11-10-20-32(33)36)44-27-26-35-39(44)25-24-38-40(35)34-22-12-13-23-37(34)42(38,30-16-6-2-7-17-30)31-18-8-3-9-19-31/h1-28H. The van der Waals surface area contributed by atoms with Crippen LogP contribution in [0.5, 0.6) is 0 Å². The van der Waals surface area contributed by atoms with E-state index in [-0.39, 0.29) is 0 Å². The van der Waals surface area contributed by atoms with Gasteiger partial charge < -0.3 is 4.57 Å². The van der Waals surface area contributed by atoms with E-state index < -0.39 is 5.41 Å². The van der Waals surface area contributed by atoms with Crippen LogP contribution < -0.4 is 0 Å². The number of hydrogen-bond acceptors (Lipinski definition) is 1. The van der Waals surface area contributed by atoms with E-state index in [1.165, 1.54) is 49.7 Å². The molecule has 0 atom stereocenters. The van der Waals surface area contributed by atoms with Crippen LogP contribution in [0.4, 0.5) is 0 Å². The normalized spacial score (nSPS) is 13.2. The summed E-state index contributed by atoms with van der Waals surface area (Å²) in [5.74, 6) is 0.943. The van der Waals surface area contributed by atoms with Crippen LogP contribution >= 0.6 is 0 Å². The number of hydrogen-bond donors (Lipinski definition) is 0. The van der Waals surface area contributed by atoms with Gasteiger partial charge >= 0.3 is 0 Å². The van der Waals surface area contributed by atoms with Gasteiger partial charge in [-0.1, -0.05) is 146 Å². The van der Waals surface area contributed by atoms with Crippen molar-refractivity contribution in [2.24, 2.45) is 0 Å². The Morgan fingerprint density at radius 1 is 0.455 bits per heavy atom. The van der Waals surface area contributed by atoms with Gasteiger partial charge in [0.25, 0.3) is 0 Å². The van der Waals surface area contributed by atoms with Crippen molar-refractivity contribution >= 4 is 21.7 Å². The molecule has 0 bridgehead atoms. The third-order valence-corrected chi connectivity index (χ3v) is 9.38. The zero-order valence-electron chi connectivity index (χ0n) is 24.1. The van der Waals surface area contributed by atoms with E-state index in [1.54, 1.807) is 0 Å². The van der Waals surface area contributed by atoms with Gasteiger partial charge in [-0.05, 0) is 56.5 Å². The Bertz CT molecular complexity index is 2280. The summed E-state index contributed by atoms with van der Waals surface area (Å²) < 4.78 is 2.26. The van der Waals surface area contributed by atoms with Gasteiger partial charge in [0.1, 0.15) is 5.82 Å². The van der Waals surface area contributed by atoms with Crippen LogP contribution in [-0.2, 0) is 5.41 Å². The van der Waals surface area contributed by atoms with E-state index in [9.17, 15) is 0 Å². The molecule has 0 radical (unpaired) electrons. The molecule has 1 aliphatic carbocycles. The van der Waals surface area contributed by atoms with Crippen LogP contribution in [0.2, 0.25) is 0 Å². The minimum Gasteiger partial charge on any atom is -0.301 e. The molecule has 0 saturated carbocycles. The van der Waals surface area contributed by atoms with Crippen LogP contribution in [0.15, 0.2) is 170 Å². The number of fused-ring (bicyclic) bond motifs is 6. The Kier molecular flexibility index (Phi) is 5.45. The average Bonchev–Trinajstić information content (AvgIpc) is 3.67. The number of pyridine rings is 1. The Morgan fingerprint density at radius 3 is 1.80 bits per heavy atom. The Balaban J connectivity index is 1.33. The van der Waals surface area contributed by atoms with Crippen LogP contribution in [-0.4, -0.2) is 9.55 Å². The molecule has 2 heteroatoms. The minimum absolute atomic E-state index is 0.410. The first kappa shape index (κ1) is 24.8. The van der Waals surface area contributed by atoms with E-state index >= 15 is 0 Å². The fourth-order valence-corrected chi connectivity index (χ4v) is 7.56. The highest BCUT2D eigenvalue weighted by Crippen LogP contribution is 2.57. The summed E-state index contributed by atoms with van der Waals surface area (Å²) in [6.45, 7) is 0. The van der Waals surface area contributed by atoms with Crippen molar-refractivity contribution in [2.75, 3.05) is 0 Å². The maximum atomic E-state index is 5.10. The molecule has 6 aromatic carbocycles. The van der Waals surface area contributed by atoms with E-state index in [0.29, 0.717) is 0 Å². The van der Waals surface area contributed by atoms with Crippen molar-refractivity contribution in [2.45, 2.75) is 5.41 Å². The molecule has 206 valence electrons. The molecule has 2 nitrogen and oxygen atoms in total. The maximum Gasteiger partial charge on any atom is 0.145 e. The van der Waals surface area contributed by atoms with Gasteiger partial charge in [0.05, 0.1) is 10.9 Å². The van der Waals surface area contributed by atoms with E-state index in [2.05, 4.69) is 168 Å². The maximum absolute atomic E-state index is 5.10. The molecule has 0 spiro atoms. The second-order valence-electron chi connectivity index (χ2n) is 11.5. The first-order valence-corrected chi connectivity index (χ1v) is 15.1. The summed E-state index contributed by atoms with van der Waals surface area (Å²) in [6.07, 6.45) is 4.22. The fourth-order valence-electron chi connectivity index (χ4n) is 7.56. The average molecular weight is 561 g/mol. The van der Waals surface area contributed by atoms with Crippen molar-refractivity contribution in [3.63, 3.8) is 0 Å². The van der Waals surface area contributed by atoms with Crippen molar-refractivity contribution in [1.29, 1.82) is 0 Å². The number of benzene rings is 6. The van der Waals surface area contributed by atoms with Gasteiger partial charge in [0.2, 0.25) is 0 Å². The van der Waals surface area contributed by atoms with Crippen LogP contribution in [0.3, 0.4) is 0 Å². The molecule has 1 aliphatic rings. The lowest BCUT2D eigenvalue weighted by molar-refractivity contribution is 0.769.